The Morgan fingerprint density at radius 1 is 1.08 bits per heavy atom. The summed E-state index contributed by atoms with van der Waals surface area (Å²) < 4.78 is 0. The number of rotatable bonds is 1. The molecular formula is C11H22O2. The summed E-state index contributed by atoms with van der Waals surface area (Å²) in [6.07, 6.45) is 3.72. The third kappa shape index (κ3) is 2.96. The molecule has 0 aromatic rings. The molecule has 2 heteroatoms. The summed E-state index contributed by atoms with van der Waals surface area (Å²) in [7, 11) is 0. The molecule has 3 unspecified atom stereocenters. The van der Waals surface area contributed by atoms with Gasteiger partial charge in [0.25, 0.3) is 0 Å². The Kier molecular flexibility index (Phi) is 3.36. The van der Waals surface area contributed by atoms with Crippen molar-refractivity contribution < 1.29 is 10.2 Å². The number of aliphatic hydroxyl groups is 2. The molecule has 13 heavy (non-hydrogen) atoms. The highest BCUT2D eigenvalue weighted by Gasteiger charge is 2.31. The van der Waals surface area contributed by atoms with Crippen molar-refractivity contribution >= 4 is 0 Å². The van der Waals surface area contributed by atoms with Crippen LogP contribution in [-0.2, 0) is 0 Å². The van der Waals surface area contributed by atoms with Crippen LogP contribution in [0.15, 0.2) is 0 Å². The maximum Gasteiger partial charge on any atom is 0.0619 e. The van der Waals surface area contributed by atoms with Crippen molar-refractivity contribution in [1.82, 2.24) is 0 Å². The molecule has 1 rings (SSSR count). The Labute approximate surface area is 81.0 Å². The van der Waals surface area contributed by atoms with E-state index < -0.39 is 5.60 Å². The Bertz CT molecular complexity index is 148. The van der Waals surface area contributed by atoms with Crippen LogP contribution < -0.4 is 0 Å². The van der Waals surface area contributed by atoms with Gasteiger partial charge in [0.15, 0.2) is 0 Å². The molecule has 0 amide bonds. The number of hydrogen-bond acceptors (Lipinski definition) is 2. The average molecular weight is 186 g/mol. The maximum atomic E-state index is 9.86. The molecule has 0 aliphatic heterocycles. The van der Waals surface area contributed by atoms with Gasteiger partial charge in [0.2, 0.25) is 0 Å². The molecule has 1 fully saturated rings. The van der Waals surface area contributed by atoms with Crippen LogP contribution in [0.2, 0.25) is 0 Å². The molecule has 78 valence electrons. The van der Waals surface area contributed by atoms with Gasteiger partial charge in [-0.3, -0.25) is 0 Å². The zero-order valence-corrected chi connectivity index (χ0v) is 8.95. The van der Waals surface area contributed by atoms with Gasteiger partial charge in [-0.2, -0.15) is 0 Å². The second-order valence-corrected chi connectivity index (χ2v) is 5.05. The molecule has 2 N–H and O–H groups in total. The largest absolute Gasteiger partial charge is 0.393 e. The normalized spacial score (nSPS) is 37.2. The molecule has 0 aromatic carbocycles. The number of aliphatic hydroxyl groups excluding tert-OH is 1. The van der Waals surface area contributed by atoms with Crippen molar-refractivity contribution in [2.75, 3.05) is 0 Å². The van der Waals surface area contributed by atoms with Crippen molar-refractivity contribution in [3.8, 4) is 0 Å². The summed E-state index contributed by atoms with van der Waals surface area (Å²) in [4.78, 5) is 0. The van der Waals surface area contributed by atoms with Crippen LogP contribution in [-0.4, -0.2) is 21.9 Å². The van der Waals surface area contributed by atoms with Gasteiger partial charge in [0.05, 0.1) is 11.7 Å². The summed E-state index contributed by atoms with van der Waals surface area (Å²) >= 11 is 0. The highest BCUT2D eigenvalue weighted by molar-refractivity contribution is 4.82. The first-order valence-electron chi connectivity index (χ1n) is 5.31. The highest BCUT2D eigenvalue weighted by Crippen LogP contribution is 2.33. The Hall–Kier alpha value is -0.0800. The molecule has 0 heterocycles. The molecule has 0 spiro atoms. The number of hydrogen-bond donors (Lipinski definition) is 2. The predicted molar refractivity (Wildman–Crippen MR) is 53.4 cm³/mol. The molecule has 1 saturated carbocycles. The van der Waals surface area contributed by atoms with Gasteiger partial charge in [-0.15, -0.1) is 0 Å². The molecule has 3 atom stereocenters. The Balaban J connectivity index is 2.54. The molecule has 0 bridgehead atoms. The van der Waals surface area contributed by atoms with Gasteiger partial charge in [0.1, 0.15) is 0 Å². The van der Waals surface area contributed by atoms with Crippen LogP contribution in [0.1, 0.15) is 46.5 Å². The van der Waals surface area contributed by atoms with E-state index in [1.165, 1.54) is 0 Å². The summed E-state index contributed by atoms with van der Waals surface area (Å²) in [6.45, 7) is 5.84. The minimum absolute atomic E-state index is 0.160. The van der Waals surface area contributed by atoms with Crippen molar-refractivity contribution in [3.63, 3.8) is 0 Å². The topological polar surface area (TPSA) is 40.5 Å². The molecule has 2 nitrogen and oxygen atoms in total. The summed E-state index contributed by atoms with van der Waals surface area (Å²) in [5, 5.41) is 19.5. The molecule has 0 saturated heterocycles. The van der Waals surface area contributed by atoms with E-state index in [9.17, 15) is 10.2 Å². The minimum Gasteiger partial charge on any atom is -0.393 e. The van der Waals surface area contributed by atoms with Crippen LogP contribution in [0.3, 0.4) is 0 Å². The molecule has 1 aliphatic rings. The molecule has 1 aliphatic carbocycles. The van der Waals surface area contributed by atoms with E-state index in [0.29, 0.717) is 11.8 Å². The lowest BCUT2D eigenvalue weighted by atomic mass is 9.85. The molecule has 0 aromatic heterocycles. The maximum absolute atomic E-state index is 9.86. The third-order valence-corrected chi connectivity index (χ3v) is 3.44. The van der Waals surface area contributed by atoms with Crippen molar-refractivity contribution in [1.29, 1.82) is 0 Å². The molecule has 0 radical (unpaired) electrons. The fraction of sp³-hybridized carbons (Fsp3) is 1.00. The van der Waals surface area contributed by atoms with E-state index in [4.69, 9.17) is 0 Å². The van der Waals surface area contributed by atoms with Crippen molar-refractivity contribution in [2.24, 2.45) is 11.8 Å². The van der Waals surface area contributed by atoms with Gasteiger partial charge in [0, 0.05) is 0 Å². The zero-order chi connectivity index (χ0) is 10.1. The Morgan fingerprint density at radius 3 is 2.15 bits per heavy atom. The summed E-state index contributed by atoms with van der Waals surface area (Å²) in [5.41, 5.74) is -0.580. The lowest BCUT2D eigenvalue weighted by Crippen LogP contribution is -2.30. The lowest BCUT2D eigenvalue weighted by molar-refractivity contribution is 0.00890. The minimum atomic E-state index is -0.580. The Morgan fingerprint density at radius 2 is 1.62 bits per heavy atom. The second-order valence-electron chi connectivity index (χ2n) is 5.05. The standard InChI is InChI=1S/C11H22O2/c1-8-4-5-9(11(2,3)13)6-7-10(8)12/h8-10,12-13H,4-7H2,1-3H3. The highest BCUT2D eigenvalue weighted by atomic mass is 16.3. The van der Waals surface area contributed by atoms with E-state index in [-0.39, 0.29) is 6.10 Å². The van der Waals surface area contributed by atoms with Crippen LogP contribution in [0.4, 0.5) is 0 Å². The quantitative estimate of drug-likeness (QED) is 0.614. The van der Waals surface area contributed by atoms with Crippen LogP contribution in [0, 0.1) is 11.8 Å². The average Bonchev–Trinajstić information content (AvgIpc) is 2.14. The van der Waals surface area contributed by atoms with Gasteiger partial charge in [-0.1, -0.05) is 6.92 Å². The van der Waals surface area contributed by atoms with Gasteiger partial charge in [-0.05, 0) is 51.4 Å². The van der Waals surface area contributed by atoms with E-state index in [1.54, 1.807) is 0 Å². The lowest BCUT2D eigenvalue weighted by Gasteiger charge is -2.28. The first-order chi connectivity index (χ1) is 5.91. The first kappa shape index (κ1) is 11.0. The van der Waals surface area contributed by atoms with E-state index in [1.807, 2.05) is 13.8 Å². The summed E-state index contributed by atoms with van der Waals surface area (Å²) in [6, 6.07) is 0. The zero-order valence-electron chi connectivity index (χ0n) is 8.95. The van der Waals surface area contributed by atoms with E-state index in [0.717, 1.165) is 25.7 Å². The van der Waals surface area contributed by atoms with Gasteiger partial charge >= 0.3 is 0 Å². The fourth-order valence-electron chi connectivity index (χ4n) is 2.16. The van der Waals surface area contributed by atoms with Gasteiger partial charge in [-0.25, -0.2) is 0 Å². The monoisotopic (exact) mass is 186 g/mol. The van der Waals surface area contributed by atoms with Crippen molar-refractivity contribution in [3.05, 3.63) is 0 Å². The third-order valence-electron chi connectivity index (χ3n) is 3.44. The van der Waals surface area contributed by atoms with Gasteiger partial charge < -0.3 is 10.2 Å². The second kappa shape index (κ2) is 3.97. The predicted octanol–water partition coefficient (Wildman–Crippen LogP) is 1.94. The van der Waals surface area contributed by atoms with Crippen LogP contribution >= 0.6 is 0 Å². The first-order valence-corrected chi connectivity index (χ1v) is 5.31. The molecular weight excluding hydrogens is 164 g/mol. The van der Waals surface area contributed by atoms with Crippen molar-refractivity contribution in [2.45, 2.75) is 58.2 Å². The van der Waals surface area contributed by atoms with Crippen LogP contribution in [0.5, 0.6) is 0 Å². The van der Waals surface area contributed by atoms with E-state index in [2.05, 4.69) is 6.92 Å². The van der Waals surface area contributed by atoms with Crippen LogP contribution in [0.25, 0.3) is 0 Å². The summed E-state index contributed by atoms with van der Waals surface area (Å²) in [5.74, 6) is 0.749. The SMILES string of the molecule is CC1CCC(C(C)(C)O)CCC1O. The smallest absolute Gasteiger partial charge is 0.0619 e. The van der Waals surface area contributed by atoms with E-state index >= 15 is 0 Å². The fourth-order valence-corrected chi connectivity index (χ4v) is 2.16.